The van der Waals surface area contributed by atoms with Crippen LogP contribution in [0.3, 0.4) is 0 Å². The predicted octanol–water partition coefficient (Wildman–Crippen LogP) is 6.77. The molecule has 1 N–H and O–H groups in total. The van der Waals surface area contributed by atoms with Gasteiger partial charge in [-0.05, 0) is 108 Å². The number of aromatic nitrogens is 3. The molecule has 258 valence electrons. The van der Waals surface area contributed by atoms with Gasteiger partial charge in [-0.15, -0.1) is 0 Å². The standard InChI is InChI=1S/C38H51N5O5/c1-25(2)43-23-32(19-39-43)31-6-5-7-33(18-31)42(22-27-8-10-29(11-9-27)35-16-17-36(47-4)26(3)40-35)37(45)30-12-14-34(15-13-30)48-38(46)41-20-28(21-41)24-44/h5-7,16-19,23,25,27-30,34,44H,8-15,20-22,24H2,1-4H3/t27-,29-,30-,34-. The third kappa shape index (κ3) is 7.69. The van der Waals surface area contributed by atoms with Crippen molar-refractivity contribution in [2.75, 3.05) is 38.3 Å². The van der Waals surface area contributed by atoms with Gasteiger partial charge in [0.25, 0.3) is 0 Å². The summed E-state index contributed by atoms with van der Waals surface area (Å²) in [6.45, 7) is 8.10. The van der Waals surface area contributed by atoms with Crippen molar-refractivity contribution in [2.24, 2.45) is 17.8 Å². The first-order valence-electron chi connectivity index (χ1n) is 17.8. The molecule has 10 heteroatoms. The molecule has 3 fully saturated rings. The summed E-state index contributed by atoms with van der Waals surface area (Å²) < 4.78 is 13.2. The molecule has 2 aliphatic carbocycles. The molecule has 0 unspecified atom stereocenters. The van der Waals surface area contributed by atoms with Crippen LogP contribution in [0.15, 0.2) is 48.8 Å². The normalized spacial score (nSPS) is 23.1. The number of pyridine rings is 1. The highest BCUT2D eigenvalue weighted by atomic mass is 16.6. The maximum absolute atomic E-state index is 14.4. The molecule has 2 saturated carbocycles. The second kappa shape index (κ2) is 15.1. The second-order valence-corrected chi connectivity index (χ2v) is 14.4. The fourth-order valence-electron chi connectivity index (χ4n) is 7.55. The van der Waals surface area contributed by atoms with Crippen molar-refractivity contribution >= 4 is 17.7 Å². The number of carbonyl (C=O) groups is 2. The molecule has 0 bridgehead atoms. The molecule has 10 nitrogen and oxygen atoms in total. The number of amides is 2. The number of aliphatic hydroxyl groups is 1. The lowest BCUT2D eigenvalue weighted by Gasteiger charge is -2.39. The summed E-state index contributed by atoms with van der Waals surface area (Å²) in [7, 11) is 1.68. The third-order valence-electron chi connectivity index (χ3n) is 10.6. The summed E-state index contributed by atoms with van der Waals surface area (Å²) in [6, 6.07) is 12.7. The van der Waals surface area contributed by atoms with Crippen molar-refractivity contribution in [1.29, 1.82) is 0 Å². The molecule has 2 amide bonds. The quantitative estimate of drug-likeness (QED) is 0.256. The molecule has 0 atom stereocenters. The lowest BCUT2D eigenvalue weighted by atomic mass is 9.79. The number of rotatable bonds is 10. The van der Waals surface area contributed by atoms with E-state index in [2.05, 4.69) is 49.4 Å². The van der Waals surface area contributed by atoms with Crippen molar-refractivity contribution in [1.82, 2.24) is 19.7 Å². The van der Waals surface area contributed by atoms with Crippen LogP contribution in [-0.2, 0) is 9.53 Å². The first kappa shape index (κ1) is 34.0. The average molecular weight is 658 g/mol. The Balaban J connectivity index is 1.14. The van der Waals surface area contributed by atoms with Gasteiger partial charge in [0.1, 0.15) is 11.9 Å². The Labute approximate surface area is 284 Å². The summed E-state index contributed by atoms with van der Waals surface area (Å²) in [5.74, 6) is 1.84. The van der Waals surface area contributed by atoms with Crippen LogP contribution in [0.2, 0.25) is 0 Å². The van der Waals surface area contributed by atoms with Crippen LogP contribution in [0.5, 0.6) is 5.75 Å². The number of hydrogen-bond donors (Lipinski definition) is 1. The van der Waals surface area contributed by atoms with Crippen molar-refractivity contribution in [3.8, 4) is 16.9 Å². The maximum atomic E-state index is 14.4. The number of carbonyl (C=O) groups excluding carboxylic acids is 2. The highest BCUT2D eigenvalue weighted by molar-refractivity contribution is 5.95. The molecule has 3 aliphatic rings. The minimum absolute atomic E-state index is 0.0962. The van der Waals surface area contributed by atoms with E-state index in [1.807, 2.05) is 34.8 Å². The first-order chi connectivity index (χ1) is 23.2. The van der Waals surface area contributed by atoms with Gasteiger partial charge in [0.05, 0.1) is 19.0 Å². The summed E-state index contributed by atoms with van der Waals surface area (Å²) in [5, 5.41) is 13.8. The zero-order valence-corrected chi connectivity index (χ0v) is 28.9. The lowest BCUT2D eigenvalue weighted by Crippen LogP contribution is -2.52. The van der Waals surface area contributed by atoms with Gasteiger partial charge in [-0.1, -0.05) is 12.1 Å². The second-order valence-electron chi connectivity index (χ2n) is 14.4. The van der Waals surface area contributed by atoms with Crippen molar-refractivity contribution in [3.63, 3.8) is 0 Å². The van der Waals surface area contributed by atoms with Gasteiger partial charge >= 0.3 is 6.09 Å². The van der Waals surface area contributed by atoms with E-state index in [1.54, 1.807) is 12.0 Å². The average Bonchev–Trinajstić information content (AvgIpc) is 3.58. The predicted molar refractivity (Wildman–Crippen MR) is 185 cm³/mol. The van der Waals surface area contributed by atoms with Gasteiger partial charge in [0.2, 0.25) is 5.91 Å². The van der Waals surface area contributed by atoms with Crippen LogP contribution in [0, 0.1) is 24.7 Å². The topological polar surface area (TPSA) is 110 Å². The summed E-state index contributed by atoms with van der Waals surface area (Å²) in [4.78, 5) is 35.5. The Morgan fingerprint density at radius 1 is 0.979 bits per heavy atom. The number of hydrogen-bond acceptors (Lipinski definition) is 7. The van der Waals surface area contributed by atoms with Gasteiger partial charge in [-0.2, -0.15) is 5.10 Å². The van der Waals surface area contributed by atoms with Crippen LogP contribution in [-0.4, -0.2) is 76.2 Å². The molecule has 48 heavy (non-hydrogen) atoms. The van der Waals surface area contributed by atoms with Crippen LogP contribution in [0.4, 0.5) is 10.5 Å². The summed E-state index contributed by atoms with van der Waals surface area (Å²) in [5.41, 5.74) is 5.07. The van der Waals surface area contributed by atoms with E-state index in [-0.39, 0.29) is 42.6 Å². The van der Waals surface area contributed by atoms with Gasteiger partial charge in [0.15, 0.2) is 0 Å². The van der Waals surface area contributed by atoms with E-state index >= 15 is 0 Å². The van der Waals surface area contributed by atoms with Gasteiger partial charge in [-0.3, -0.25) is 14.5 Å². The molecule has 0 spiro atoms. The van der Waals surface area contributed by atoms with Gasteiger partial charge < -0.3 is 24.4 Å². The first-order valence-corrected chi connectivity index (χ1v) is 17.8. The minimum atomic E-state index is -0.302. The minimum Gasteiger partial charge on any atom is -0.495 e. The Kier molecular flexibility index (Phi) is 10.7. The highest BCUT2D eigenvalue weighted by Gasteiger charge is 2.36. The van der Waals surface area contributed by atoms with E-state index in [1.165, 1.54) is 0 Å². The van der Waals surface area contributed by atoms with Crippen LogP contribution >= 0.6 is 0 Å². The summed E-state index contributed by atoms with van der Waals surface area (Å²) >= 11 is 0. The Morgan fingerprint density at radius 2 is 1.73 bits per heavy atom. The number of ether oxygens (including phenoxy) is 2. The lowest BCUT2D eigenvalue weighted by molar-refractivity contribution is -0.124. The zero-order chi connectivity index (χ0) is 33.8. The molecule has 6 rings (SSSR count). The number of anilines is 1. The van der Waals surface area contributed by atoms with E-state index < -0.39 is 0 Å². The molecule has 1 saturated heterocycles. The molecule has 2 aromatic heterocycles. The number of aliphatic hydroxyl groups excluding tert-OH is 1. The van der Waals surface area contributed by atoms with E-state index in [4.69, 9.17) is 14.5 Å². The van der Waals surface area contributed by atoms with Gasteiger partial charge in [0, 0.05) is 73.2 Å². The molecular weight excluding hydrogens is 606 g/mol. The molecule has 1 aliphatic heterocycles. The number of nitrogens with zero attached hydrogens (tertiary/aromatic N) is 5. The van der Waals surface area contributed by atoms with Crippen LogP contribution < -0.4 is 9.64 Å². The van der Waals surface area contributed by atoms with Crippen molar-refractivity contribution in [3.05, 3.63) is 60.2 Å². The highest BCUT2D eigenvalue weighted by Crippen LogP contribution is 2.38. The molecule has 3 heterocycles. The molecular formula is C38H51N5O5. The number of benzene rings is 1. The van der Waals surface area contributed by atoms with Gasteiger partial charge in [-0.25, -0.2) is 4.79 Å². The monoisotopic (exact) mass is 657 g/mol. The summed E-state index contributed by atoms with van der Waals surface area (Å²) in [6.07, 6.45) is 10.4. The number of methoxy groups -OCH3 is 1. The van der Waals surface area contributed by atoms with Crippen molar-refractivity contribution < 1.29 is 24.2 Å². The SMILES string of the molecule is COc1ccc([C@H]2CC[C@H](CN(c3cccc(-c4cnn(C(C)C)c4)c3)C(=O)[C@H]3CC[C@H](OC(=O)N4CC(CO)C4)CC3)CC2)nc1C. The largest absolute Gasteiger partial charge is 0.495 e. The Morgan fingerprint density at radius 3 is 2.38 bits per heavy atom. The van der Waals surface area contributed by atoms with E-state index in [0.717, 1.165) is 59.6 Å². The Hall–Kier alpha value is -3.92. The number of aryl methyl sites for hydroxylation is 1. The number of likely N-dealkylation sites (tertiary alicyclic amines) is 1. The fourth-order valence-corrected chi connectivity index (χ4v) is 7.55. The van der Waals surface area contributed by atoms with Crippen LogP contribution in [0.1, 0.15) is 88.6 Å². The third-order valence-corrected chi connectivity index (χ3v) is 10.6. The smallest absolute Gasteiger partial charge is 0.410 e. The molecule has 3 aromatic rings. The Bertz CT molecular complexity index is 1550. The van der Waals surface area contributed by atoms with Crippen molar-refractivity contribution in [2.45, 2.75) is 90.2 Å². The van der Waals surface area contributed by atoms with E-state index in [9.17, 15) is 14.7 Å². The fraction of sp³-hybridized carbons (Fsp3) is 0.579. The molecule has 0 radical (unpaired) electrons. The van der Waals surface area contributed by atoms with Crippen LogP contribution in [0.25, 0.3) is 11.1 Å². The zero-order valence-electron chi connectivity index (χ0n) is 28.9. The molecule has 1 aromatic carbocycles. The van der Waals surface area contributed by atoms with E-state index in [0.29, 0.717) is 57.2 Å². The maximum Gasteiger partial charge on any atom is 0.410 e.